The van der Waals surface area contributed by atoms with E-state index in [1.54, 1.807) is 0 Å². The van der Waals surface area contributed by atoms with Gasteiger partial charge in [-0.2, -0.15) is 4.98 Å². The summed E-state index contributed by atoms with van der Waals surface area (Å²) in [7, 11) is -3.95. The molecule has 0 atom stereocenters. The molecule has 0 aliphatic carbocycles. The summed E-state index contributed by atoms with van der Waals surface area (Å²) in [4.78, 5) is 4.22. The van der Waals surface area contributed by atoms with Gasteiger partial charge in [-0.25, -0.2) is 12.8 Å². The molecule has 0 saturated heterocycles. The second-order valence-electron chi connectivity index (χ2n) is 6.26. The van der Waals surface area contributed by atoms with Gasteiger partial charge in [0.15, 0.2) is 0 Å². The molecule has 0 radical (unpaired) electrons. The molecule has 3 rings (SSSR count). The van der Waals surface area contributed by atoms with Gasteiger partial charge in [0, 0.05) is 12.1 Å². The molecule has 0 saturated carbocycles. The Bertz CT molecular complexity index is 1030. The molecule has 3 aromatic rings. The smallest absolute Gasteiger partial charge is 0.233 e. The second kappa shape index (κ2) is 7.92. The number of nitrogens with zero attached hydrogens (tertiary/aromatic N) is 1. The maximum Gasteiger partial charge on any atom is 0.233 e. The van der Waals surface area contributed by atoms with Crippen LogP contribution >= 0.6 is 0 Å². The van der Waals surface area contributed by atoms with E-state index < -0.39 is 15.7 Å². The normalized spacial score (nSPS) is 11.5. The summed E-state index contributed by atoms with van der Waals surface area (Å²) < 4.78 is 45.0. The first kappa shape index (κ1) is 19.1. The number of anilines is 1. The third kappa shape index (κ3) is 4.19. The highest BCUT2D eigenvalue weighted by Gasteiger charge is 2.28. The van der Waals surface area contributed by atoms with Crippen LogP contribution in [-0.2, 0) is 9.84 Å². The first-order valence-corrected chi connectivity index (χ1v) is 10.2. The molecule has 7 heteroatoms. The van der Waals surface area contributed by atoms with Crippen molar-refractivity contribution in [1.29, 1.82) is 0 Å². The molecule has 1 heterocycles. The van der Waals surface area contributed by atoms with Crippen LogP contribution in [0.5, 0.6) is 0 Å². The Kier molecular flexibility index (Phi) is 5.60. The van der Waals surface area contributed by atoms with Gasteiger partial charge in [-0.05, 0) is 49.7 Å². The second-order valence-corrected chi connectivity index (χ2v) is 8.13. The highest BCUT2D eigenvalue weighted by atomic mass is 32.2. The van der Waals surface area contributed by atoms with Gasteiger partial charge < -0.3 is 9.73 Å². The molecule has 0 aliphatic heterocycles. The van der Waals surface area contributed by atoms with Crippen LogP contribution < -0.4 is 5.32 Å². The zero-order valence-electron chi connectivity index (χ0n) is 15.2. The summed E-state index contributed by atoms with van der Waals surface area (Å²) in [5, 5.41) is 2.83. The lowest BCUT2D eigenvalue weighted by molar-refractivity contribution is 0.575. The molecule has 2 aromatic carbocycles. The Labute approximate surface area is 158 Å². The maximum atomic E-state index is 13.2. The predicted molar refractivity (Wildman–Crippen MR) is 102 cm³/mol. The lowest BCUT2D eigenvalue weighted by Crippen LogP contribution is -2.08. The number of oxazole rings is 1. The van der Waals surface area contributed by atoms with Crippen LogP contribution in [0.3, 0.4) is 0 Å². The number of aromatic nitrogens is 1. The van der Waals surface area contributed by atoms with Gasteiger partial charge in [-0.3, -0.25) is 0 Å². The Balaban J connectivity index is 2.07. The van der Waals surface area contributed by atoms with Crippen molar-refractivity contribution >= 4 is 15.7 Å². The zero-order chi connectivity index (χ0) is 19.4. The summed E-state index contributed by atoms with van der Waals surface area (Å²) in [6.07, 6.45) is 1.81. The first-order valence-electron chi connectivity index (χ1n) is 8.74. The fourth-order valence-electron chi connectivity index (χ4n) is 2.61. The van der Waals surface area contributed by atoms with Gasteiger partial charge in [0.2, 0.25) is 26.6 Å². The molecule has 0 spiro atoms. The van der Waals surface area contributed by atoms with Gasteiger partial charge in [-0.15, -0.1) is 0 Å². The van der Waals surface area contributed by atoms with Gasteiger partial charge in [-0.1, -0.05) is 31.0 Å². The topological polar surface area (TPSA) is 72.2 Å². The van der Waals surface area contributed by atoms with Crippen molar-refractivity contribution in [2.75, 3.05) is 11.9 Å². The highest BCUT2D eigenvalue weighted by molar-refractivity contribution is 7.91. The van der Waals surface area contributed by atoms with Crippen LogP contribution in [0.4, 0.5) is 10.3 Å². The van der Waals surface area contributed by atoms with E-state index in [-0.39, 0.29) is 21.7 Å². The zero-order valence-corrected chi connectivity index (χ0v) is 16.0. The number of aryl methyl sites for hydroxylation is 1. The molecular weight excluding hydrogens is 367 g/mol. The van der Waals surface area contributed by atoms with Crippen molar-refractivity contribution in [2.45, 2.75) is 36.6 Å². The predicted octanol–water partition coefficient (Wildman–Crippen LogP) is 4.83. The van der Waals surface area contributed by atoms with E-state index >= 15 is 0 Å². The van der Waals surface area contributed by atoms with Crippen molar-refractivity contribution in [2.24, 2.45) is 0 Å². The molecule has 0 amide bonds. The third-order valence-corrected chi connectivity index (χ3v) is 5.73. The minimum absolute atomic E-state index is 0.0356. The highest BCUT2D eigenvalue weighted by Crippen LogP contribution is 2.32. The van der Waals surface area contributed by atoms with Crippen LogP contribution in [0.25, 0.3) is 11.5 Å². The molecule has 0 bridgehead atoms. The molecule has 1 N–H and O–H groups in total. The van der Waals surface area contributed by atoms with E-state index in [4.69, 9.17) is 4.42 Å². The van der Waals surface area contributed by atoms with Crippen molar-refractivity contribution < 1.29 is 17.2 Å². The molecule has 0 unspecified atom stereocenters. The summed E-state index contributed by atoms with van der Waals surface area (Å²) in [6.45, 7) is 4.53. The van der Waals surface area contributed by atoms with Crippen LogP contribution in [0.2, 0.25) is 0 Å². The Morgan fingerprint density at radius 2 is 1.89 bits per heavy atom. The summed E-state index contributed by atoms with van der Waals surface area (Å²) in [5.41, 5.74) is 1.70. The average Bonchev–Trinajstić information content (AvgIpc) is 3.07. The van der Waals surface area contributed by atoms with E-state index in [2.05, 4.69) is 10.3 Å². The Hall–Kier alpha value is -2.67. The van der Waals surface area contributed by atoms with Gasteiger partial charge >= 0.3 is 0 Å². The van der Waals surface area contributed by atoms with Gasteiger partial charge in [0.25, 0.3) is 0 Å². The molecule has 0 fully saturated rings. The molecule has 142 valence electrons. The van der Waals surface area contributed by atoms with E-state index in [9.17, 15) is 12.8 Å². The summed E-state index contributed by atoms with van der Waals surface area (Å²) >= 11 is 0. The van der Waals surface area contributed by atoms with Gasteiger partial charge in [0.05, 0.1) is 4.90 Å². The summed E-state index contributed by atoms with van der Waals surface area (Å²) in [6, 6.07) is 12.1. The van der Waals surface area contributed by atoms with E-state index in [0.29, 0.717) is 12.1 Å². The number of unbranched alkanes of at least 4 members (excludes halogenated alkanes) is 1. The number of benzene rings is 2. The molecule has 5 nitrogen and oxygen atoms in total. The van der Waals surface area contributed by atoms with E-state index in [0.717, 1.165) is 30.5 Å². The summed E-state index contributed by atoms with van der Waals surface area (Å²) in [5.74, 6) is -0.182. The standard InChI is InChI=1S/C20H21FN2O3S/c1-3-4-12-22-19-20(27(24,25)17-10-8-16(21)9-11-17)23-18(26-19)15-7-5-6-14(2)13-15/h5-11,13,22H,3-4,12H2,1-2H3. The fraction of sp³-hybridized carbons (Fsp3) is 0.250. The van der Waals surface area contributed by atoms with Crippen LogP contribution in [0.15, 0.2) is 62.9 Å². The monoisotopic (exact) mass is 388 g/mol. The van der Waals surface area contributed by atoms with Crippen molar-refractivity contribution in [1.82, 2.24) is 4.98 Å². The van der Waals surface area contributed by atoms with E-state index in [1.807, 2.05) is 38.1 Å². The lowest BCUT2D eigenvalue weighted by atomic mass is 10.1. The van der Waals surface area contributed by atoms with Crippen molar-refractivity contribution in [3.05, 3.63) is 59.9 Å². The number of rotatable bonds is 7. The molecule has 27 heavy (non-hydrogen) atoms. The SMILES string of the molecule is CCCCNc1oc(-c2cccc(C)c2)nc1S(=O)(=O)c1ccc(F)cc1. The van der Waals surface area contributed by atoms with Crippen molar-refractivity contribution in [3.63, 3.8) is 0 Å². The van der Waals surface area contributed by atoms with Crippen molar-refractivity contribution in [3.8, 4) is 11.5 Å². The molecule has 0 aliphatic rings. The number of sulfone groups is 1. The Morgan fingerprint density at radius 3 is 2.56 bits per heavy atom. The Morgan fingerprint density at radius 1 is 1.15 bits per heavy atom. The molecular formula is C20H21FN2O3S. The fourth-order valence-corrected chi connectivity index (χ4v) is 3.88. The lowest BCUT2D eigenvalue weighted by Gasteiger charge is -2.05. The number of nitrogens with one attached hydrogen (secondary N) is 1. The van der Waals surface area contributed by atoms with Gasteiger partial charge in [0.1, 0.15) is 5.82 Å². The number of hydrogen-bond donors (Lipinski definition) is 1. The van der Waals surface area contributed by atoms with Crippen LogP contribution in [0, 0.1) is 12.7 Å². The minimum atomic E-state index is -3.95. The largest absolute Gasteiger partial charge is 0.419 e. The average molecular weight is 388 g/mol. The third-order valence-electron chi connectivity index (χ3n) is 4.06. The minimum Gasteiger partial charge on any atom is -0.419 e. The molecule has 1 aromatic heterocycles. The van der Waals surface area contributed by atoms with E-state index in [1.165, 1.54) is 12.1 Å². The number of halogens is 1. The maximum absolute atomic E-state index is 13.2. The van der Waals surface area contributed by atoms with Crippen LogP contribution in [-0.4, -0.2) is 19.9 Å². The quantitative estimate of drug-likeness (QED) is 0.463. The van der Waals surface area contributed by atoms with Crippen LogP contribution in [0.1, 0.15) is 25.3 Å². The number of hydrogen-bond acceptors (Lipinski definition) is 5. The first-order chi connectivity index (χ1) is 12.9.